The second-order valence-corrected chi connectivity index (χ2v) is 6.30. The summed E-state index contributed by atoms with van der Waals surface area (Å²) in [4.78, 5) is 0. The predicted molar refractivity (Wildman–Crippen MR) is 86.4 cm³/mol. The molecular weight excluding hydrogens is 314 g/mol. The first kappa shape index (κ1) is 13.5. The summed E-state index contributed by atoms with van der Waals surface area (Å²) in [6.07, 6.45) is 1.97. The third-order valence-electron chi connectivity index (χ3n) is 4.02. The first-order valence-electron chi connectivity index (χ1n) is 6.90. The van der Waals surface area contributed by atoms with E-state index in [2.05, 4.69) is 53.3 Å². The van der Waals surface area contributed by atoms with Crippen LogP contribution in [0.3, 0.4) is 0 Å². The van der Waals surface area contributed by atoms with E-state index in [1.54, 1.807) is 6.07 Å². The summed E-state index contributed by atoms with van der Waals surface area (Å²) < 4.78 is 1.17. The van der Waals surface area contributed by atoms with E-state index in [4.69, 9.17) is 0 Å². The molecule has 0 aliphatic heterocycles. The number of phenols is 1. The summed E-state index contributed by atoms with van der Waals surface area (Å²) in [6.45, 7) is 4.22. The van der Waals surface area contributed by atoms with Crippen LogP contribution in [-0.2, 0) is 6.42 Å². The van der Waals surface area contributed by atoms with Gasteiger partial charge in [-0.05, 0) is 67.1 Å². The van der Waals surface area contributed by atoms with E-state index in [0.717, 1.165) is 24.1 Å². The highest BCUT2D eigenvalue weighted by atomic mass is 79.9. The molecule has 20 heavy (non-hydrogen) atoms. The number of hydrogen-bond donors (Lipinski definition) is 2. The van der Waals surface area contributed by atoms with Crippen LogP contribution in [0.5, 0.6) is 5.75 Å². The molecular formula is C17H18BrNO. The van der Waals surface area contributed by atoms with Gasteiger partial charge >= 0.3 is 0 Å². The minimum absolute atomic E-state index is 0.289. The summed E-state index contributed by atoms with van der Waals surface area (Å²) in [5, 5.41) is 13.5. The molecule has 1 aliphatic carbocycles. The summed E-state index contributed by atoms with van der Waals surface area (Å²) in [5.41, 5.74) is 5.94. The molecule has 2 nitrogen and oxygen atoms in total. The van der Waals surface area contributed by atoms with Gasteiger partial charge in [-0.2, -0.15) is 0 Å². The Bertz CT molecular complexity index is 643. The first-order chi connectivity index (χ1) is 9.56. The van der Waals surface area contributed by atoms with Crippen LogP contribution in [0.4, 0.5) is 5.69 Å². The van der Waals surface area contributed by atoms with Gasteiger partial charge in [-0.15, -0.1) is 0 Å². The summed E-state index contributed by atoms with van der Waals surface area (Å²) in [5.74, 6) is 0.426. The maximum Gasteiger partial charge on any atom is 0.119 e. The number of phenolic OH excluding ortho intramolecular Hbond substituents is 1. The average molecular weight is 332 g/mol. The summed E-state index contributed by atoms with van der Waals surface area (Å²) >= 11 is 3.60. The zero-order valence-corrected chi connectivity index (χ0v) is 13.3. The van der Waals surface area contributed by atoms with E-state index in [1.807, 2.05) is 6.07 Å². The summed E-state index contributed by atoms with van der Waals surface area (Å²) in [6, 6.07) is 10.4. The normalized spacial score (nSPS) is 17.1. The molecule has 0 saturated heterocycles. The van der Waals surface area contributed by atoms with Crippen molar-refractivity contribution in [3.63, 3.8) is 0 Å². The molecule has 2 aromatic carbocycles. The van der Waals surface area contributed by atoms with Crippen LogP contribution in [0.2, 0.25) is 0 Å². The highest BCUT2D eigenvalue weighted by Crippen LogP contribution is 2.38. The van der Waals surface area contributed by atoms with E-state index >= 15 is 0 Å². The van der Waals surface area contributed by atoms with Crippen molar-refractivity contribution < 1.29 is 5.11 Å². The highest BCUT2D eigenvalue weighted by Gasteiger charge is 2.24. The van der Waals surface area contributed by atoms with Gasteiger partial charge in [0.1, 0.15) is 5.75 Å². The van der Waals surface area contributed by atoms with Crippen LogP contribution < -0.4 is 5.32 Å². The molecule has 0 radical (unpaired) electrons. The van der Waals surface area contributed by atoms with E-state index < -0.39 is 0 Å². The van der Waals surface area contributed by atoms with Crippen molar-refractivity contribution in [1.29, 1.82) is 0 Å². The third-order valence-corrected chi connectivity index (χ3v) is 5.27. The smallest absolute Gasteiger partial charge is 0.119 e. The number of aromatic hydroxyl groups is 1. The molecule has 3 rings (SSSR count). The van der Waals surface area contributed by atoms with Gasteiger partial charge in [0, 0.05) is 10.2 Å². The van der Waals surface area contributed by atoms with Crippen molar-refractivity contribution in [2.24, 2.45) is 0 Å². The minimum atomic E-state index is 0.289. The fraction of sp³-hybridized carbons (Fsp3) is 0.294. The number of halogens is 1. The molecule has 0 bridgehead atoms. The van der Waals surface area contributed by atoms with Crippen LogP contribution in [0.1, 0.15) is 34.7 Å². The van der Waals surface area contributed by atoms with Gasteiger partial charge in [-0.3, -0.25) is 0 Å². The quantitative estimate of drug-likeness (QED) is 0.822. The van der Waals surface area contributed by atoms with E-state index in [1.165, 1.54) is 21.2 Å². The van der Waals surface area contributed by atoms with Crippen LogP contribution in [0.15, 0.2) is 34.8 Å². The van der Waals surface area contributed by atoms with Crippen LogP contribution in [0.25, 0.3) is 0 Å². The molecule has 1 unspecified atom stereocenters. The average Bonchev–Trinajstić information content (AvgIpc) is 2.81. The van der Waals surface area contributed by atoms with Gasteiger partial charge in [0.15, 0.2) is 0 Å². The molecule has 2 N–H and O–H groups in total. The predicted octanol–water partition coefficient (Wildman–Crippen LogP) is 4.87. The number of fused-ring (bicyclic) bond motifs is 1. The van der Waals surface area contributed by atoms with Gasteiger partial charge in [-0.1, -0.05) is 28.1 Å². The van der Waals surface area contributed by atoms with Crippen molar-refractivity contribution in [2.45, 2.75) is 32.7 Å². The molecule has 0 fully saturated rings. The van der Waals surface area contributed by atoms with Crippen molar-refractivity contribution in [1.82, 2.24) is 0 Å². The second-order valence-electron chi connectivity index (χ2n) is 5.50. The standard InChI is InChI=1S/C17H18BrNO/c1-10-8-12(9-11(2)17(10)18)19-15-7-6-14-13(15)4-3-5-16(14)20/h3-5,8-9,15,19-20H,6-7H2,1-2H3. The van der Waals surface area contributed by atoms with Crippen molar-refractivity contribution >= 4 is 21.6 Å². The number of hydrogen-bond acceptors (Lipinski definition) is 2. The van der Waals surface area contributed by atoms with Crippen LogP contribution in [0, 0.1) is 13.8 Å². The number of benzene rings is 2. The van der Waals surface area contributed by atoms with Crippen LogP contribution in [-0.4, -0.2) is 5.11 Å². The Morgan fingerprint density at radius 3 is 2.60 bits per heavy atom. The Balaban J connectivity index is 1.90. The summed E-state index contributed by atoms with van der Waals surface area (Å²) in [7, 11) is 0. The maximum atomic E-state index is 9.91. The Labute approximate surface area is 128 Å². The molecule has 2 aromatic rings. The zero-order chi connectivity index (χ0) is 14.3. The molecule has 0 aromatic heterocycles. The van der Waals surface area contributed by atoms with E-state index in [9.17, 15) is 5.11 Å². The van der Waals surface area contributed by atoms with Crippen LogP contribution >= 0.6 is 15.9 Å². The lowest BCUT2D eigenvalue weighted by molar-refractivity contribution is 0.469. The molecule has 0 saturated carbocycles. The molecule has 0 amide bonds. The molecule has 1 atom stereocenters. The van der Waals surface area contributed by atoms with Crippen molar-refractivity contribution in [3.05, 3.63) is 57.1 Å². The Hall–Kier alpha value is -1.48. The maximum absolute atomic E-state index is 9.91. The topological polar surface area (TPSA) is 32.3 Å². The molecule has 1 aliphatic rings. The van der Waals surface area contributed by atoms with Gasteiger partial charge in [0.2, 0.25) is 0 Å². The SMILES string of the molecule is Cc1cc(NC2CCc3c(O)cccc32)cc(C)c1Br. The minimum Gasteiger partial charge on any atom is -0.508 e. The fourth-order valence-electron chi connectivity index (χ4n) is 3.02. The molecule has 0 heterocycles. The lowest BCUT2D eigenvalue weighted by atomic mass is 10.1. The lowest BCUT2D eigenvalue weighted by Crippen LogP contribution is -2.07. The van der Waals surface area contributed by atoms with Crippen molar-refractivity contribution in [3.8, 4) is 5.75 Å². The van der Waals surface area contributed by atoms with Crippen molar-refractivity contribution in [2.75, 3.05) is 5.32 Å². The lowest BCUT2D eigenvalue weighted by Gasteiger charge is -2.17. The monoisotopic (exact) mass is 331 g/mol. The van der Waals surface area contributed by atoms with Gasteiger partial charge in [0.05, 0.1) is 6.04 Å². The number of anilines is 1. The largest absolute Gasteiger partial charge is 0.508 e. The van der Waals surface area contributed by atoms with E-state index in [0.29, 0.717) is 5.75 Å². The fourth-order valence-corrected chi connectivity index (χ4v) is 3.24. The zero-order valence-electron chi connectivity index (χ0n) is 11.7. The molecule has 3 heteroatoms. The second kappa shape index (κ2) is 5.13. The third kappa shape index (κ3) is 2.31. The number of rotatable bonds is 2. The molecule has 0 spiro atoms. The number of aryl methyl sites for hydroxylation is 2. The van der Waals surface area contributed by atoms with Gasteiger partial charge in [0.25, 0.3) is 0 Å². The Morgan fingerprint density at radius 2 is 1.90 bits per heavy atom. The first-order valence-corrected chi connectivity index (χ1v) is 7.69. The Kier molecular flexibility index (Phi) is 3.47. The number of nitrogens with one attached hydrogen (secondary N) is 1. The van der Waals surface area contributed by atoms with Gasteiger partial charge < -0.3 is 10.4 Å². The van der Waals surface area contributed by atoms with Gasteiger partial charge in [-0.25, -0.2) is 0 Å². The highest BCUT2D eigenvalue weighted by molar-refractivity contribution is 9.10. The van der Waals surface area contributed by atoms with E-state index in [-0.39, 0.29) is 6.04 Å². The Morgan fingerprint density at radius 1 is 1.20 bits per heavy atom. The molecule has 104 valence electrons.